The van der Waals surface area contributed by atoms with E-state index < -0.39 is 5.60 Å². The van der Waals surface area contributed by atoms with Crippen molar-refractivity contribution in [2.75, 3.05) is 6.61 Å². The Hall–Kier alpha value is -0.870. The number of hydrogen-bond acceptors (Lipinski definition) is 3. The Morgan fingerprint density at radius 3 is 2.69 bits per heavy atom. The molecule has 0 aliphatic heterocycles. The summed E-state index contributed by atoms with van der Waals surface area (Å²) in [6, 6.07) is 5.13. The lowest BCUT2D eigenvalue weighted by Crippen LogP contribution is -2.21. The van der Waals surface area contributed by atoms with Gasteiger partial charge >= 0.3 is 0 Å². The van der Waals surface area contributed by atoms with Crippen LogP contribution in [-0.2, 0) is 0 Å². The molecule has 0 amide bonds. The van der Waals surface area contributed by atoms with E-state index in [-0.39, 0.29) is 0 Å². The van der Waals surface area contributed by atoms with Crippen molar-refractivity contribution in [1.82, 2.24) is 0 Å². The van der Waals surface area contributed by atoms with Crippen LogP contribution >= 0.6 is 15.9 Å². The van der Waals surface area contributed by atoms with Crippen molar-refractivity contribution in [2.24, 2.45) is 0 Å². The van der Waals surface area contributed by atoms with Crippen molar-refractivity contribution in [3.8, 4) is 5.75 Å². The second-order valence-corrected chi connectivity index (χ2v) is 5.07. The van der Waals surface area contributed by atoms with Gasteiger partial charge in [0.05, 0.1) is 16.7 Å². The zero-order valence-corrected chi connectivity index (χ0v) is 11.0. The minimum absolute atomic E-state index is 0.433. The summed E-state index contributed by atoms with van der Waals surface area (Å²) >= 11 is 3.32. The maximum Gasteiger partial charge on any atom is 0.150 e. The van der Waals surface area contributed by atoms with Gasteiger partial charge in [0.15, 0.2) is 0 Å². The quantitative estimate of drug-likeness (QED) is 0.847. The van der Waals surface area contributed by atoms with E-state index >= 15 is 0 Å². The highest BCUT2D eigenvalue weighted by atomic mass is 79.9. The zero-order chi connectivity index (χ0) is 12.2. The molecule has 0 bridgehead atoms. The summed E-state index contributed by atoms with van der Waals surface area (Å²) in [6.45, 7) is 3.91. The maximum absolute atomic E-state index is 10.5. The molecule has 0 spiro atoms. The van der Waals surface area contributed by atoms with Crippen LogP contribution < -0.4 is 4.74 Å². The summed E-state index contributed by atoms with van der Waals surface area (Å²) in [5.41, 5.74) is -0.128. The minimum atomic E-state index is -0.727. The number of halogens is 1. The monoisotopic (exact) mass is 286 g/mol. The number of aldehydes is 1. The number of carbonyl (C=O) groups is 1. The molecule has 4 heteroatoms. The van der Waals surface area contributed by atoms with Crippen LogP contribution in [0, 0.1) is 0 Å². The van der Waals surface area contributed by atoms with Crippen molar-refractivity contribution in [3.63, 3.8) is 0 Å². The molecule has 0 fully saturated rings. The van der Waals surface area contributed by atoms with Gasteiger partial charge in [-0.3, -0.25) is 4.79 Å². The molecule has 1 N–H and O–H groups in total. The maximum atomic E-state index is 10.5. The third-order valence-corrected chi connectivity index (χ3v) is 2.68. The predicted molar refractivity (Wildman–Crippen MR) is 65.9 cm³/mol. The highest BCUT2D eigenvalue weighted by molar-refractivity contribution is 9.10. The van der Waals surface area contributed by atoms with Crippen LogP contribution in [0.2, 0.25) is 0 Å². The van der Waals surface area contributed by atoms with Gasteiger partial charge in [-0.2, -0.15) is 0 Å². The first kappa shape index (κ1) is 13.2. The summed E-state index contributed by atoms with van der Waals surface area (Å²) < 4.78 is 6.23. The fraction of sp³-hybridized carbons (Fsp3) is 0.417. The van der Waals surface area contributed by atoms with Gasteiger partial charge in [0.1, 0.15) is 12.0 Å². The number of rotatable bonds is 5. The van der Waals surface area contributed by atoms with Crippen LogP contribution in [0.5, 0.6) is 5.75 Å². The number of aliphatic hydroxyl groups is 1. The summed E-state index contributed by atoms with van der Waals surface area (Å²) in [5, 5.41) is 9.51. The molecular weight excluding hydrogens is 272 g/mol. The Balaban J connectivity index is 2.58. The van der Waals surface area contributed by atoms with E-state index in [0.29, 0.717) is 24.3 Å². The van der Waals surface area contributed by atoms with Gasteiger partial charge in [0, 0.05) is 12.0 Å². The molecule has 3 nitrogen and oxygen atoms in total. The van der Waals surface area contributed by atoms with Crippen LogP contribution in [0.15, 0.2) is 22.7 Å². The summed E-state index contributed by atoms with van der Waals surface area (Å²) in [7, 11) is 0. The summed E-state index contributed by atoms with van der Waals surface area (Å²) in [6.07, 6.45) is 1.33. The lowest BCUT2D eigenvalue weighted by Gasteiger charge is -2.17. The fourth-order valence-corrected chi connectivity index (χ4v) is 1.63. The van der Waals surface area contributed by atoms with Gasteiger partial charge in [-0.1, -0.05) is 0 Å². The lowest BCUT2D eigenvalue weighted by atomic mass is 10.1. The topological polar surface area (TPSA) is 46.5 Å². The standard InChI is InChI=1S/C12H15BrO3/c1-12(2,15)5-6-16-11-4-3-9(8-14)7-10(11)13/h3-4,7-8,15H,5-6H2,1-2H3. The van der Waals surface area contributed by atoms with Gasteiger partial charge in [0.2, 0.25) is 0 Å². The molecule has 1 aromatic rings. The molecule has 0 unspecified atom stereocenters. The molecule has 0 saturated heterocycles. The Bertz CT molecular complexity index is 369. The number of carbonyl (C=O) groups excluding carboxylic acids is 1. The van der Waals surface area contributed by atoms with Gasteiger partial charge < -0.3 is 9.84 Å². The first-order chi connectivity index (χ1) is 7.42. The fourth-order valence-electron chi connectivity index (χ4n) is 1.12. The van der Waals surface area contributed by atoms with Gasteiger partial charge in [0.25, 0.3) is 0 Å². The first-order valence-electron chi connectivity index (χ1n) is 5.02. The molecule has 0 aliphatic rings. The Morgan fingerprint density at radius 1 is 1.50 bits per heavy atom. The third-order valence-electron chi connectivity index (χ3n) is 2.06. The van der Waals surface area contributed by atoms with Crippen LogP contribution in [-0.4, -0.2) is 23.6 Å². The number of ether oxygens (including phenoxy) is 1. The van der Waals surface area contributed by atoms with E-state index in [1.54, 1.807) is 32.0 Å². The predicted octanol–water partition coefficient (Wildman–Crippen LogP) is 2.80. The molecule has 88 valence electrons. The molecule has 0 radical (unpaired) electrons. The van der Waals surface area contributed by atoms with E-state index in [2.05, 4.69) is 15.9 Å². The van der Waals surface area contributed by atoms with Crippen molar-refractivity contribution < 1.29 is 14.6 Å². The Kier molecular flexibility index (Phi) is 4.50. The second-order valence-electron chi connectivity index (χ2n) is 4.22. The van der Waals surface area contributed by atoms with Crippen molar-refractivity contribution in [1.29, 1.82) is 0 Å². The van der Waals surface area contributed by atoms with Crippen molar-refractivity contribution in [2.45, 2.75) is 25.9 Å². The van der Waals surface area contributed by atoms with E-state index in [0.717, 1.165) is 10.8 Å². The van der Waals surface area contributed by atoms with Gasteiger partial charge in [-0.05, 0) is 48.0 Å². The van der Waals surface area contributed by atoms with E-state index in [1.165, 1.54) is 0 Å². The van der Waals surface area contributed by atoms with Crippen LogP contribution in [0.3, 0.4) is 0 Å². The molecule has 16 heavy (non-hydrogen) atoms. The Labute approximate surface area is 104 Å². The molecule has 0 aliphatic carbocycles. The SMILES string of the molecule is CC(C)(O)CCOc1ccc(C=O)cc1Br. The highest BCUT2D eigenvalue weighted by Gasteiger charge is 2.12. The highest BCUT2D eigenvalue weighted by Crippen LogP contribution is 2.26. The van der Waals surface area contributed by atoms with Crippen LogP contribution in [0.25, 0.3) is 0 Å². The smallest absolute Gasteiger partial charge is 0.150 e. The number of benzene rings is 1. The van der Waals surface area contributed by atoms with Gasteiger partial charge in [-0.25, -0.2) is 0 Å². The molecule has 1 rings (SSSR count). The van der Waals surface area contributed by atoms with E-state index in [4.69, 9.17) is 4.74 Å². The Morgan fingerprint density at radius 2 is 2.19 bits per heavy atom. The summed E-state index contributed by atoms with van der Waals surface area (Å²) in [5.74, 6) is 0.676. The van der Waals surface area contributed by atoms with Gasteiger partial charge in [-0.15, -0.1) is 0 Å². The molecule has 1 aromatic carbocycles. The first-order valence-corrected chi connectivity index (χ1v) is 5.81. The molecule has 0 atom stereocenters. The summed E-state index contributed by atoms with van der Waals surface area (Å²) in [4.78, 5) is 10.5. The zero-order valence-electron chi connectivity index (χ0n) is 9.37. The lowest BCUT2D eigenvalue weighted by molar-refractivity contribution is 0.0552. The molecular formula is C12H15BrO3. The van der Waals surface area contributed by atoms with Crippen LogP contribution in [0.1, 0.15) is 30.6 Å². The molecule has 0 saturated carbocycles. The average Bonchev–Trinajstić information content (AvgIpc) is 2.18. The number of hydrogen-bond donors (Lipinski definition) is 1. The normalized spacial score (nSPS) is 11.2. The van der Waals surface area contributed by atoms with E-state index in [1.807, 2.05) is 0 Å². The second kappa shape index (κ2) is 5.46. The molecule has 0 aromatic heterocycles. The third kappa shape index (κ3) is 4.33. The molecule has 0 heterocycles. The largest absolute Gasteiger partial charge is 0.492 e. The average molecular weight is 287 g/mol. The van der Waals surface area contributed by atoms with Crippen LogP contribution in [0.4, 0.5) is 0 Å². The van der Waals surface area contributed by atoms with Crippen molar-refractivity contribution in [3.05, 3.63) is 28.2 Å². The minimum Gasteiger partial charge on any atom is -0.492 e. The van der Waals surface area contributed by atoms with Crippen molar-refractivity contribution >= 4 is 22.2 Å². The van der Waals surface area contributed by atoms with E-state index in [9.17, 15) is 9.90 Å².